The second-order valence-corrected chi connectivity index (χ2v) is 5.19. The first kappa shape index (κ1) is 20.9. The molecule has 1 aromatic rings. The van der Waals surface area contributed by atoms with Crippen molar-refractivity contribution in [3.05, 3.63) is 29.3 Å². The molecule has 3 amide bonds. The van der Waals surface area contributed by atoms with E-state index in [0.717, 1.165) is 5.56 Å². The van der Waals surface area contributed by atoms with Gasteiger partial charge in [0.25, 0.3) is 5.91 Å². The van der Waals surface area contributed by atoms with Gasteiger partial charge in [-0.1, -0.05) is 0 Å². The summed E-state index contributed by atoms with van der Waals surface area (Å²) in [5, 5.41) is 7.83. The molecule has 7 nitrogen and oxygen atoms in total. The van der Waals surface area contributed by atoms with Crippen LogP contribution in [0.4, 0.5) is 5.69 Å². The SMILES string of the molecule is Cc1cc(NC(=O)CNC(=O)CN)ccc1C(=O)NC(C)C.Cl. The van der Waals surface area contributed by atoms with Gasteiger partial charge in [0.15, 0.2) is 0 Å². The Morgan fingerprint density at radius 2 is 1.83 bits per heavy atom. The van der Waals surface area contributed by atoms with Crippen LogP contribution in [0.25, 0.3) is 0 Å². The predicted octanol–water partition coefficient (Wildman–Crippen LogP) is 0.568. The molecule has 0 radical (unpaired) electrons. The highest BCUT2D eigenvalue weighted by molar-refractivity contribution is 5.98. The van der Waals surface area contributed by atoms with Crippen molar-refractivity contribution >= 4 is 35.8 Å². The minimum Gasteiger partial charge on any atom is -0.350 e. The number of benzene rings is 1. The summed E-state index contributed by atoms with van der Waals surface area (Å²) >= 11 is 0. The number of aryl methyl sites for hydroxylation is 1. The maximum absolute atomic E-state index is 12.0. The van der Waals surface area contributed by atoms with Gasteiger partial charge in [-0.05, 0) is 44.5 Å². The van der Waals surface area contributed by atoms with E-state index in [-0.39, 0.29) is 43.4 Å². The average molecular weight is 343 g/mol. The Balaban J connectivity index is 0.00000484. The monoisotopic (exact) mass is 342 g/mol. The van der Waals surface area contributed by atoms with E-state index < -0.39 is 5.91 Å². The van der Waals surface area contributed by atoms with Crippen LogP contribution in [-0.4, -0.2) is 36.9 Å². The number of anilines is 1. The molecule has 0 saturated carbocycles. The normalized spacial score (nSPS) is 9.78. The molecule has 5 N–H and O–H groups in total. The molecule has 23 heavy (non-hydrogen) atoms. The van der Waals surface area contributed by atoms with E-state index in [1.165, 1.54) is 0 Å². The smallest absolute Gasteiger partial charge is 0.251 e. The van der Waals surface area contributed by atoms with Gasteiger partial charge in [-0.2, -0.15) is 0 Å². The van der Waals surface area contributed by atoms with Gasteiger partial charge in [0.1, 0.15) is 0 Å². The fourth-order valence-corrected chi connectivity index (χ4v) is 1.79. The van der Waals surface area contributed by atoms with E-state index in [1.54, 1.807) is 25.1 Å². The highest BCUT2D eigenvalue weighted by atomic mass is 35.5. The van der Waals surface area contributed by atoms with Gasteiger partial charge in [-0.15, -0.1) is 12.4 Å². The van der Waals surface area contributed by atoms with Crippen molar-refractivity contribution in [1.29, 1.82) is 0 Å². The van der Waals surface area contributed by atoms with Crippen LogP contribution >= 0.6 is 12.4 Å². The average Bonchev–Trinajstić information content (AvgIpc) is 2.43. The van der Waals surface area contributed by atoms with Gasteiger partial charge in [-0.3, -0.25) is 14.4 Å². The summed E-state index contributed by atoms with van der Waals surface area (Å²) in [6, 6.07) is 5.06. The first-order valence-corrected chi connectivity index (χ1v) is 7.01. The van der Waals surface area contributed by atoms with E-state index in [1.807, 2.05) is 13.8 Å². The van der Waals surface area contributed by atoms with Crippen LogP contribution in [0.1, 0.15) is 29.8 Å². The molecule has 8 heteroatoms. The van der Waals surface area contributed by atoms with Gasteiger partial charge in [0.2, 0.25) is 11.8 Å². The molecule has 0 fully saturated rings. The summed E-state index contributed by atoms with van der Waals surface area (Å²) in [7, 11) is 0. The second-order valence-electron chi connectivity index (χ2n) is 5.19. The summed E-state index contributed by atoms with van der Waals surface area (Å²) in [6.45, 7) is 5.26. The Labute approximate surface area is 141 Å². The van der Waals surface area contributed by atoms with Crippen LogP contribution in [0, 0.1) is 6.92 Å². The zero-order valence-electron chi connectivity index (χ0n) is 13.4. The molecule has 0 heterocycles. The van der Waals surface area contributed by atoms with Crippen LogP contribution in [0.3, 0.4) is 0 Å². The standard InChI is InChI=1S/C15H22N4O3.ClH/c1-9(2)18-15(22)12-5-4-11(6-10(12)3)19-14(21)8-17-13(20)7-16;/h4-6,9H,7-8,16H2,1-3H3,(H,17,20)(H,18,22)(H,19,21);1H. The van der Waals surface area contributed by atoms with Crippen molar-refractivity contribution in [1.82, 2.24) is 10.6 Å². The molecule has 1 aromatic carbocycles. The second kappa shape index (κ2) is 9.81. The lowest BCUT2D eigenvalue weighted by molar-refractivity contribution is -0.123. The highest BCUT2D eigenvalue weighted by Gasteiger charge is 2.11. The van der Waals surface area contributed by atoms with Crippen molar-refractivity contribution in [2.45, 2.75) is 26.8 Å². The maximum Gasteiger partial charge on any atom is 0.251 e. The van der Waals surface area contributed by atoms with Gasteiger partial charge in [0, 0.05) is 17.3 Å². The lowest BCUT2D eigenvalue weighted by atomic mass is 10.1. The number of nitrogens with one attached hydrogen (secondary N) is 3. The number of hydrogen-bond acceptors (Lipinski definition) is 4. The van der Waals surface area contributed by atoms with Gasteiger partial charge >= 0.3 is 0 Å². The topological polar surface area (TPSA) is 113 Å². The molecule has 0 atom stereocenters. The fourth-order valence-electron chi connectivity index (χ4n) is 1.79. The van der Waals surface area contributed by atoms with Crippen LogP contribution in [0.5, 0.6) is 0 Å². The molecule has 128 valence electrons. The Bertz CT molecular complexity index is 576. The molecule has 0 bridgehead atoms. The third kappa shape index (κ3) is 7.12. The molecule has 0 unspecified atom stereocenters. The zero-order chi connectivity index (χ0) is 16.7. The van der Waals surface area contributed by atoms with Crippen LogP contribution in [0.2, 0.25) is 0 Å². The quantitative estimate of drug-likeness (QED) is 0.605. The lowest BCUT2D eigenvalue weighted by Gasteiger charge is -2.12. The summed E-state index contributed by atoms with van der Waals surface area (Å²) in [4.78, 5) is 34.6. The Hall–Kier alpha value is -2.12. The maximum atomic E-state index is 12.0. The molecule has 0 saturated heterocycles. The minimum absolute atomic E-state index is 0. The zero-order valence-corrected chi connectivity index (χ0v) is 14.3. The van der Waals surface area contributed by atoms with Crippen molar-refractivity contribution < 1.29 is 14.4 Å². The largest absolute Gasteiger partial charge is 0.350 e. The number of halogens is 1. The number of nitrogens with two attached hydrogens (primary N) is 1. The number of carbonyl (C=O) groups is 3. The first-order valence-electron chi connectivity index (χ1n) is 7.01. The third-order valence-corrected chi connectivity index (χ3v) is 2.81. The fraction of sp³-hybridized carbons (Fsp3) is 0.400. The van der Waals surface area contributed by atoms with Crippen molar-refractivity contribution in [3.8, 4) is 0 Å². The Kier molecular flexibility index (Phi) is 8.90. The molecule has 0 spiro atoms. The van der Waals surface area contributed by atoms with Crippen molar-refractivity contribution in [2.75, 3.05) is 18.4 Å². The summed E-state index contributed by atoms with van der Waals surface area (Å²) < 4.78 is 0. The van der Waals surface area contributed by atoms with Crippen LogP contribution in [-0.2, 0) is 9.59 Å². The molecule has 0 aliphatic rings. The molecule has 0 aliphatic carbocycles. The summed E-state index contributed by atoms with van der Waals surface area (Å²) in [5.74, 6) is -0.909. The van der Waals surface area contributed by atoms with Gasteiger partial charge < -0.3 is 21.7 Å². The molecule has 1 rings (SSSR count). The number of carbonyl (C=O) groups excluding carboxylic acids is 3. The Morgan fingerprint density at radius 3 is 2.35 bits per heavy atom. The van der Waals surface area contributed by atoms with E-state index in [4.69, 9.17) is 5.73 Å². The summed E-state index contributed by atoms with van der Waals surface area (Å²) in [5.41, 5.74) is 7.00. The molecular formula is C15H23ClN4O3. The molecule has 0 aliphatic heterocycles. The number of hydrogen-bond donors (Lipinski definition) is 4. The first-order chi connectivity index (χ1) is 10.3. The summed E-state index contributed by atoms with van der Waals surface area (Å²) in [6.07, 6.45) is 0. The Morgan fingerprint density at radius 1 is 1.17 bits per heavy atom. The minimum atomic E-state index is -0.396. The van der Waals surface area contributed by atoms with E-state index >= 15 is 0 Å². The van der Waals surface area contributed by atoms with Crippen LogP contribution < -0.4 is 21.7 Å². The lowest BCUT2D eigenvalue weighted by Crippen LogP contribution is -2.36. The van der Waals surface area contributed by atoms with E-state index in [0.29, 0.717) is 11.3 Å². The number of amides is 3. The molecular weight excluding hydrogens is 320 g/mol. The predicted molar refractivity (Wildman–Crippen MR) is 91.7 cm³/mol. The molecule has 0 aromatic heterocycles. The highest BCUT2D eigenvalue weighted by Crippen LogP contribution is 2.15. The van der Waals surface area contributed by atoms with E-state index in [2.05, 4.69) is 16.0 Å². The van der Waals surface area contributed by atoms with Crippen molar-refractivity contribution in [2.24, 2.45) is 5.73 Å². The van der Waals surface area contributed by atoms with Gasteiger partial charge in [-0.25, -0.2) is 0 Å². The third-order valence-electron chi connectivity index (χ3n) is 2.81. The van der Waals surface area contributed by atoms with E-state index in [9.17, 15) is 14.4 Å². The van der Waals surface area contributed by atoms with Crippen molar-refractivity contribution in [3.63, 3.8) is 0 Å². The number of rotatable bonds is 6. The van der Waals surface area contributed by atoms with Gasteiger partial charge in [0.05, 0.1) is 13.1 Å². The van der Waals surface area contributed by atoms with Crippen LogP contribution in [0.15, 0.2) is 18.2 Å².